The van der Waals surface area contributed by atoms with Crippen molar-refractivity contribution in [2.45, 2.75) is 83.4 Å². The molecule has 1 aromatic carbocycles. The number of aromatic amines is 1. The molecule has 35 heavy (non-hydrogen) atoms. The topological polar surface area (TPSA) is 137 Å². The van der Waals surface area contributed by atoms with Gasteiger partial charge in [0.15, 0.2) is 0 Å². The number of benzene rings is 1. The molecule has 3 N–H and O–H groups in total. The highest BCUT2D eigenvalue weighted by Gasteiger charge is 2.42. The molecule has 0 aliphatic heterocycles. The molecule has 2 aromatic rings. The van der Waals surface area contributed by atoms with E-state index in [0.717, 1.165) is 36.0 Å². The molecule has 1 saturated carbocycles. The van der Waals surface area contributed by atoms with Crippen molar-refractivity contribution in [1.82, 2.24) is 20.8 Å². The van der Waals surface area contributed by atoms with E-state index in [9.17, 15) is 19.6 Å². The number of carbonyl (C=O) groups is 2. The van der Waals surface area contributed by atoms with Gasteiger partial charge in [0.25, 0.3) is 5.56 Å². The zero-order chi connectivity index (χ0) is 25.6. The summed E-state index contributed by atoms with van der Waals surface area (Å²) in [6.07, 6.45) is 3.27. The van der Waals surface area contributed by atoms with Crippen LogP contribution in [0, 0.1) is 18.3 Å². The molecule has 1 fully saturated rings. The Morgan fingerprint density at radius 3 is 2.43 bits per heavy atom. The van der Waals surface area contributed by atoms with Crippen molar-refractivity contribution in [2.75, 3.05) is 0 Å². The molecule has 0 bridgehead atoms. The van der Waals surface area contributed by atoms with E-state index in [0.29, 0.717) is 25.0 Å². The Bertz CT molecular complexity index is 1150. The van der Waals surface area contributed by atoms with Crippen LogP contribution in [0.5, 0.6) is 0 Å². The Morgan fingerprint density at radius 1 is 1.20 bits per heavy atom. The largest absolute Gasteiger partial charge is 0.444 e. The minimum absolute atomic E-state index is 0.257. The zero-order valence-electron chi connectivity index (χ0n) is 20.7. The van der Waals surface area contributed by atoms with Crippen LogP contribution in [0.15, 0.2) is 35.1 Å². The first kappa shape index (κ1) is 25.9. The number of aromatic nitrogens is 2. The van der Waals surface area contributed by atoms with Gasteiger partial charge in [-0.15, -0.1) is 0 Å². The van der Waals surface area contributed by atoms with Gasteiger partial charge in [-0.1, -0.05) is 43.5 Å². The van der Waals surface area contributed by atoms with Crippen molar-refractivity contribution < 1.29 is 14.3 Å². The maximum absolute atomic E-state index is 13.3. The summed E-state index contributed by atoms with van der Waals surface area (Å²) in [5.74, 6) is -0.362. The molecular weight excluding hydrogens is 446 g/mol. The molecule has 0 unspecified atom stereocenters. The van der Waals surface area contributed by atoms with Gasteiger partial charge in [-0.2, -0.15) is 10.4 Å². The van der Waals surface area contributed by atoms with Crippen LogP contribution < -0.4 is 16.2 Å². The fourth-order valence-electron chi connectivity index (χ4n) is 4.31. The molecule has 3 rings (SSSR count). The number of nitriles is 1. The third kappa shape index (κ3) is 6.92. The second-order valence-corrected chi connectivity index (χ2v) is 10.1. The molecule has 9 heteroatoms. The fourth-order valence-corrected chi connectivity index (χ4v) is 4.31. The summed E-state index contributed by atoms with van der Waals surface area (Å²) in [5.41, 5.74) is 1.11. The minimum atomic E-state index is -1.09. The third-order valence-electron chi connectivity index (χ3n) is 6.01. The number of nitrogens with one attached hydrogen (secondary N) is 3. The molecule has 9 nitrogen and oxygen atoms in total. The molecule has 1 heterocycles. The van der Waals surface area contributed by atoms with Crippen LogP contribution in [0.3, 0.4) is 0 Å². The van der Waals surface area contributed by atoms with Gasteiger partial charge in [-0.05, 0) is 51.7 Å². The average Bonchev–Trinajstić information content (AvgIpc) is 2.78. The van der Waals surface area contributed by atoms with E-state index in [1.807, 2.05) is 31.2 Å². The number of nitrogens with zero attached hydrogens (tertiary/aromatic N) is 2. The summed E-state index contributed by atoms with van der Waals surface area (Å²) in [4.78, 5) is 37.2. The Hall–Kier alpha value is -3.67. The van der Waals surface area contributed by atoms with E-state index in [-0.39, 0.29) is 11.5 Å². The van der Waals surface area contributed by atoms with Crippen molar-refractivity contribution >= 4 is 12.0 Å². The van der Waals surface area contributed by atoms with Crippen molar-refractivity contribution in [1.29, 1.82) is 5.26 Å². The van der Waals surface area contributed by atoms with Gasteiger partial charge in [0.2, 0.25) is 5.91 Å². The predicted octanol–water partition coefficient (Wildman–Crippen LogP) is 3.52. The Morgan fingerprint density at radius 2 is 1.86 bits per heavy atom. The van der Waals surface area contributed by atoms with E-state index in [1.54, 1.807) is 20.8 Å². The molecule has 0 radical (unpaired) electrons. The summed E-state index contributed by atoms with van der Waals surface area (Å²) in [7, 11) is 0. The number of ether oxygens (including phenoxy) is 1. The zero-order valence-corrected chi connectivity index (χ0v) is 20.7. The van der Waals surface area contributed by atoms with Gasteiger partial charge < -0.3 is 15.4 Å². The smallest absolute Gasteiger partial charge is 0.408 e. The molecule has 1 atom stereocenters. The highest BCUT2D eigenvalue weighted by Crippen LogP contribution is 2.29. The fraction of sp³-hybridized carbons (Fsp3) is 0.500. The first-order valence-electron chi connectivity index (χ1n) is 11.9. The highest BCUT2D eigenvalue weighted by molar-refractivity contribution is 5.90. The minimum Gasteiger partial charge on any atom is -0.444 e. The molecule has 0 saturated heterocycles. The number of carbonyl (C=O) groups excluding carboxylic acids is 2. The van der Waals surface area contributed by atoms with E-state index in [1.165, 1.54) is 6.07 Å². The van der Waals surface area contributed by atoms with E-state index < -0.39 is 23.3 Å². The van der Waals surface area contributed by atoms with Crippen LogP contribution >= 0.6 is 0 Å². The number of hydrogen-bond donors (Lipinski definition) is 3. The Kier molecular flexibility index (Phi) is 7.95. The Labute approximate surface area is 205 Å². The molecule has 186 valence electrons. The summed E-state index contributed by atoms with van der Waals surface area (Å²) < 4.78 is 5.39. The quantitative estimate of drug-likeness (QED) is 0.580. The standard InChI is InChI=1S/C26H33N5O4/c1-17-14-21(32)30-31-22(17)19-10-8-18(9-11-19)15-20(16-27)28-23(33)26(12-6-5-7-13-26)29-24(34)35-25(2,3)4/h8-11,14,20H,5-7,12-13,15H2,1-4H3,(H,28,33)(H,29,34)(H,30,32)/t20-/m0/s1. The SMILES string of the molecule is Cc1cc(=O)[nH]nc1-c1ccc(C[C@@H](C#N)NC(=O)C2(NC(=O)OC(C)(C)C)CCCCC2)cc1. The average molecular weight is 480 g/mol. The number of aryl methyl sites for hydroxylation is 1. The number of hydrogen-bond acceptors (Lipinski definition) is 6. The third-order valence-corrected chi connectivity index (χ3v) is 6.01. The molecule has 0 spiro atoms. The molecule has 1 aliphatic carbocycles. The Balaban J connectivity index is 1.70. The van der Waals surface area contributed by atoms with Crippen LogP contribution in [0.4, 0.5) is 4.79 Å². The first-order valence-corrected chi connectivity index (χ1v) is 11.9. The summed E-state index contributed by atoms with van der Waals surface area (Å²) >= 11 is 0. The van der Waals surface area contributed by atoms with Gasteiger partial charge >= 0.3 is 6.09 Å². The van der Waals surface area contributed by atoms with Crippen molar-refractivity contribution in [3.05, 3.63) is 51.8 Å². The predicted molar refractivity (Wildman–Crippen MR) is 131 cm³/mol. The van der Waals surface area contributed by atoms with Crippen LogP contribution in [0.1, 0.15) is 64.0 Å². The normalized spacial score (nSPS) is 16.0. The number of alkyl carbamates (subject to hydrolysis) is 1. The molecule has 1 aliphatic rings. The van der Waals surface area contributed by atoms with Crippen LogP contribution in [0.25, 0.3) is 11.3 Å². The van der Waals surface area contributed by atoms with Crippen LogP contribution in [-0.4, -0.2) is 39.4 Å². The van der Waals surface area contributed by atoms with Gasteiger partial charge in [-0.25, -0.2) is 9.89 Å². The summed E-state index contributed by atoms with van der Waals surface area (Å²) in [6.45, 7) is 7.13. The molecule has 1 aromatic heterocycles. The first-order chi connectivity index (χ1) is 16.5. The number of rotatable bonds is 6. The van der Waals surface area contributed by atoms with Crippen molar-refractivity contribution in [3.63, 3.8) is 0 Å². The lowest BCUT2D eigenvalue weighted by Crippen LogP contribution is -2.61. The number of amides is 2. The molecule has 2 amide bonds. The maximum Gasteiger partial charge on any atom is 0.408 e. The van der Waals surface area contributed by atoms with E-state index in [4.69, 9.17) is 4.74 Å². The van der Waals surface area contributed by atoms with Gasteiger partial charge in [0, 0.05) is 18.1 Å². The molecular formula is C26H33N5O4. The van der Waals surface area contributed by atoms with E-state index in [2.05, 4.69) is 26.9 Å². The summed E-state index contributed by atoms with van der Waals surface area (Å²) in [5, 5.41) is 21.9. The second-order valence-electron chi connectivity index (χ2n) is 10.1. The lowest BCUT2D eigenvalue weighted by atomic mass is 9.80. The second kappa shape index (κ2) is 10.7. The highest BCUT2D eigenvalue weighted by atomic mass is 16.6. The van der Waals surface area contributed by atoms with Crippen LogP contribution in [0.2, 0.25) is 0 Å². The van der Waals surface area contributed by atoms with E-state index >= 15 is 0 Å². The van der Waals surface area contributed by atoms with Crippen molar-refractivity contribution in [3.8, 4) is 17.3 Å². The van der Waals surface area contributed by atoms with Gasteiger partial charge in [0.1, 0.15) is 17.2 Å². The number of H-pyrrole nitrogens is 1. The maximum atomic E-state index is 13.3. The van der Waals surface area contributed by atoms with Crippen molar-refractivity contribution in [2.24, 2.45) is 0 Å². The van der Waals surface area contributed by atoms with Gasteiger partial charge in [0.05, 0.1) is 11.8 Å². The van der Waals surface area contributed by atoms with Gasteiger partial charge in [-0.3, -0.25) is 9.59 Å². The monoisotopic (exact) mass is 479 g/mol. The van der Waals surface area contributed by atoms with Crippen LogP contribution in [-0.2, 0) is 16.0 Å². The lowest BCUT2D eigenvalue weighted by Gasteiger charge is -2.37. The lowest BCUT2D eigenvalue weighted by molar-refractivity contribution is -0.129. The summed E-state index contributed by atoms with van der Waals surface area (Å²) in [6, 6.07) is 10.4.